The van der Waals surface area contributed by atoms with Gasteiger partial charge in [0, 0.05) is 121 Å². The van der Waals surface area contributed by atoms with E-state index in [4.69, 9.17) is 62.9 Å². The van der Waals surface area contributed by atoms with Crippen LogP contribution in [-0.2, 0) is 98.6 Å². The molecule has 1 aliphatic carbocycles. The summed E-state index contributed by atoms with van der Waals surface area (Å²) in [6.45, 7) is 18.5. The molecule has 704 valence electrons. The molecular formula is C92H139N13O22. The van der Waals surface area contributed by atoms with E-state index in [2.05, 4.69) is 41.2 Å². The number of nitrogen functional groups attached to an aromatic ring is 1. The molecule has 3 aliphatic heterocycles. The number of carbonyl (C=O) groups excluding carboxylic acids is 7. The van der Waals surface area contributed by atoms with Gasteiger partial charge in [0.25, 0.3) is 11.7 Å². The third-order valence-electron chi connectivity index (χ3n) is 24.5. The Balaban J connectivity index is 0.610. The number of aromatic amines is 1. The van der Waals surface area contributed by atoms with Crippen molar-refractivity contribution in [1.29, 1.82) is 0 Å². The van der Waals surface area contributed by atoms with E-state index in [1.54, 1.807) is 71.1 Å². The van der Waals surface area contributed by atoms with Crippen molar-refractivity contribution in [2.24, 2.45) is 35.5 Å². The van der Waals surface area contributed by atoms with Crippen LogP contribution in [0, 0.1) is 35.5 Å². The second-order valence-corrected chi connectivity index (χ2v) is 34.2. The Morgan fingerprint density at radius 3 is 2.04 bits per heavy atom. The topological polar surface area (TPSA) is 457 Å². The number of aryl methyl sites for hydroxylation is 2. The van der Waals surface area contributed by atoms with Crippen molar-refractivity contribution in [3.05, 3.63) is 90.1 Å². The van der Waals surface area contributed by atoms with Crippen LogP contribution in [0.4, 0.5) is 5.82 Å². The summed E-state index contributed by atoms with van der Waals surface area (Å²) in [5.74, 6) is -7.63. The lowest BCUT2D eigenvalue weighted by molar-refractivity contribution is -0.265. The van der Waals surface area contributed by atoms with Crippen LogP contribution in [-0.4, -0.2) is 288 Å². The molecule has 35 heteroatoms. The molecule has 4 aliphatic rings. The minimum absolute atomic E-state index is 0.0445. The highest BCUT2D eigenvalue weighted by atomic mass is 16.6. The number of esters is 1. The van der Waals surface area contributed by atoms with E-state index in [0.717, 1.165) is 47.1 Å². The van der Waals surface area contributed by atoms with Crippen LogP contribution in [0.1, 0.15) is 176 Å². The van der Waals surface area contributed by atoms with Crippen LogP contribution in [0.2, 0.25) is 0 Å². The number of rotatable bonds is 41. The van der Waals surface area contributed by atoms with Crippen molar-refractivity contribution in [1.82, 2.24) is 60.6 Å². The molecular weight excluding hydrogens is 1640 g/mol. The van der Waals surface area contributed by atoms with Crippen molar-refractivity contribution >= 4 is 68.9 Å². The van der Waals surface area contributed by atoms with Gasteiger partial charge in [-0.05, 0) is 157 Å². The number of carbonyl (C=O) groups is 7. The maximum Gasteiger partial charge on any atom is 0.329 e. The Kier molecular flexibility index (Phi) is 42.3. The molecule has 0 unspecified atom stereocenters. The molecule has 1 aromatic carbocycles. The number of Topliss-reactive ketones (excluding diaryl/α,β-unsaturated/α-hetero) is 2. The molecule has 7 heterocycles. The number of hydrogen-bond donors (Lipinski definition) is 9. The maximum atomic E-state index is 14.9. The molecule has 35 nitrogen and oxygen atoms in total. The van der Waals surface area contributed by atoms with Crippen LogP contribution in [0.15, 0.2) is 84.4 Å². The Labute approximate surface area is 745 Å². The van der Waals surface area contributed by atoms with Gasteiger partial charge in [-0.1, -0.05) is 76.3 Å². The van der Waals surface area contributed by atoms with E-state index < -0.39 is 89.6 Å². The molecule has 4 amide bonds. The number of aliphatic hydroxyl groups excluding tert-OH is 2. The predicted molar refractivity (Wildman–Crippen MR) is 473 cm³/mol. The van der Waals surface area contributed by atoms with Crippen LogP contribution >= 0.6 is 0 Å². The first kappa shape index (κ1) is 102. The quantitative estimate of drug-likeness (QED) is 0.00773. The number of nitrogens with zero attached hydrogens (tertiary/aromatic N) is 8. The van der Waals surface area contributed by atoms with Crippen molar-refractivity contribution in [3.8, 4) is 17.1 Å². The summed E-state index contributed by atoms with van der Waals surface area (Å²) in [6, 6.07) is 5.72. The van der Waals surface area contributed by atoms with E-state index >= 15 is 0 Å². The molecule has 9 rings (SSSR count). The number of amides is 4. The van der Waals surface area contributed by atoms with Gasteiger partial charge in [-0.3, -0.25) is 28.8 Å². The number of ether oxygens (including phenoxy) is 11. The zero-order chi connectivity index (χ0) is 91.4. The summed E-state index contributed by atoms with van der Waals surface area (Å²) >= 11 is 0. The molecule has 127 heavy (non-hydrogen) atoms. The fraction of sp³-hybridized carbons (Fsp3) is 0.674. The number of aromatic hydroxyl groups is 1. The number of benzene rings is 1. The molecule has 2 saturated heterocycles. The van der Waals surface area contributed by atoms with Gasteiger partial charge in [0.2, 0.25) is 23.5 Å². The van der Waals surface area contributed by atoms with E-state index in [-0.39, 0.29) is 105 Å². The van der Waals surface area contributed by atoms with E-state index in [0.29, 0.717) is 191 Å². The summed E-state index contributed by atoms with van der Waals surface area (Å²) in [5, 5.41) is 68.9. The van der Waals surface area contributed by atoms with Crippen LogP contribution < -0.4 is 21.7 Å². The monoisotopic (exact) mass is 1780 g/mol. The fourth-order valence-electron chi connectivity index (χ4n) is 17.1. The molecule has 0 radical (unpaired) electrons. The Bertz CT molecular complexity index is 4410. The number of allylic oxidation sites excluding steroid dienone is 5. The summed E-state index contributed by atoms with van der Waals surface area (Å²) in [5.41, 5.74) is 11.1. The van der Waals surface area contributed by atoms with Crippen LogP contribution in [0.5, 0.6) is 5.75 Å². The van der Waals surface area contributed by atoms with Gasteiger partial charge in [0.15, 0.2) is 11.4 Å². The van der Waals surface area contributed by atoms with E-state index in [1.165, 1.54) is 11.2 Å². The molecule has 10 N–H and O–H groups in total. The number of piperidine rings is 1. The van der Waals surface area contributed by atoms with E-state index in [9.17, 15) is 54.0 Å². The summed E-state index contributed by atoms with van der Waals surface area (Å²) in [6.07, 6.45) is 17.8. The predicted octanol–water partition coefficient (Wildman–Crippen LogP) is 8.05. The lowest BCUT2D eigenvalue weighted by Gasteiger charge is -2.43. The van der Waals surface area contributed by atoms with Crippen LogP contribution in [0.3, 0.4) is 0 Å². The smallest absolute Gasteiger partial charge is 0.329 e. The Hall–Kier alpha value is -8.82. The van der Waals surface area contributed by atoms with Crippen molar-refractivity contribution in [3.63, 3.8) is 0 Å². The number of fused-ring (bicyclic) bond motifs is 5. The number of phenolic OH excluding ortho intramolecular Hbond substituents is 1. The number of aliphatic hydroxyl groups is 3. The largest absolute Gasteiger partial charge is 0.508 e. The standard InChI is InChI=1S/C92H139N13O22/c1-59-19-12-11-13-20-60(2)75(117-8)55-70-27-24-65(7)92(116,127-70)87(113)90(114)103-35-16-14-22-74(103)91(115)126-77(56-76(118-9)61(3)50-64(6)85(111)86(112)84(110)63(5)49-59)62(4)51-66-25-29-73(78(52-66)119-10)105-57-68(100-102-105)21-18-23-79(107)95-33-39-122-43-47-125-46-42-121-38-31-81(109)96-34-40-123-44-48-124-45-41-120-37-30-80(108)94-32-15-17-36-104-89-82(88(93)97-58-98-89)83(101-104)72-54-67-53-69(106)26-28-71(67)99-72/h11-13,19-20,26,28,50,53-54,57-59,61-63,65-66,70,73-78,85-86,99,106,111-112,116H,14-18,21-25,27,29-49,51-52,55-56H2,1-10H3,(H,94,108)(H,95,107)(H,96,109)(H2,93,97,98)/b13-11?,19-12+,60-20?,64-50+/t59-,61-,62-,63-,65-,66+,70+,73+,74+,75+,76-,77+,78-,85-,86+,92-/m1/s1. The first-order chi connectivity index (χ1) is 61.2. The molecule has 4 aromatic heterocycles. The molecule has 2 bridgehead atoms. The lowest BCUT2D eigenvalue weighted by atomic mass is 9.77. The van der Waals surface area contributed by atoms with Crippen molar-refractivity contribution in [2.75, 3.05) is 133 Å². The number of methoxy groups -OCH3 is 3. The number of nitrogens with one attached hydrogen (secondary N) is 4. The third kappa shape index (κ3) is 31.2. The minimum Gasteiger partial charge on any atom is -0.508 e. The van der Waals surface area contributed by atoms with E-state index in [1.807, 2.05) is 75.0 Å². The molecule has 0 spiro atoms. The number of ketones is 2. The first-order valence-corrected chi connectivity index (χ1v) is 45.3. The SMILES string of the molecule is CO[C@H]1C[C@@H]2CC[C@@H](C)[C@@](O)(O2)C(=O)C(=O)N2CCCC[C@H]2C(=O)O[C@H]([C@H](C)C[C@@H]2CC[C@H](n3cc(CCCC(=O)NCCOCCOCCOCCC(=O)NCCOCCOCCOCCC(=O)NCCCCn4nc(-c5cc6cc(O)ccc6[nH]5)c5c(N)ncnc54)nn3)[C@H](OC)C2)C[C@@H](OC)[C@H](C)/C=C(\C)[C@@H](O)[C@@H](O)C(=O)[C@H](C)C[C@H](C)/C=C/C=CC=C1C. The Morgan fingerprint density at radius 2 is 1.36 bits per heavy atom. The van der Waals surface area contributed by atoms with Crippen molar-refractivity contribution < 1.29 is 106 Å². The number of unbranched alkanes of at least 4 members (excludes halogenated alkanes) is 1. The summed E-state index contributed by atoms with van der Waals surface area (Å²) in [7, 11) is 4.80. The first-order valence-electron chi connectivity index (χ1n) is 45.3. The van der Waals surface area contributed by atoms with Gasteiger partial charge >= 0.3 is 5.97 Å². The average molecular weight is 1780 g/mol. The lowest BCUT2D eigenvalue weighted by Crippen LogP contribution is -2.61. The van der Waals surface area contributed by atoms with Gasteiger partial charge in [-0.25, -0.2) is 24.1 Å². The van der Waals surface area contributed by atoms with Crippen molar-refractivity contribution in [2.45, 2.75) is 238 Å². The number of cyclic esters (lactones) is 1. The van der Waals surface area contributed by atoms with Gasteiger partial charge < -0.3 is 104 Å². The fourth-order valence-corrected chi connectivity index (χ4v) is 17.1. The number of nitrogens with two attached hydrogens (primary N) is 1. The number of aromatic nitrogens is 8. The van der Waals surface area contributed by atoms with Gasteiger partial charge in [-0.2, -0.15) is 5.10 Å². The Morgan fingerprint density at radius 1 is 0.701 bits per heavy atom. The summed E-state index contributed by atoms with van der Waals surface area (Å²) in [4.78, 5) is 108. The number of hydrogen-bond acceptors (Lipinski definition) is 28. The zero-order valence-corrected chi connectivity index (χ0v) is 75.8. The molecule has 16 atom stereocenters. The maximum absolute atomic E-state index is 14.9. The summed E-state index contributed by atoms with van der Waals surface area (Å²) < 4.78 is 68.2. The second-order valence-electron chi connectivity index (χ2n) is 34.2. The highest BCUT2D eigenvalue weighted by Gasteiger charge is 2.53. The molecule has 5 aromatic rings. The highest BCUT2D eigenvalue weighted by Crippen LogP contribution is 2.41. The van der Waals surface area contributed by atoms with Gasteiger partial charge in [0.1, 0.15) is 47.9 Å². The average Bonchev–Trinajstić information content (AvgIpc) is 1.69. The number of H-pyrrole nitrogens is 1. The number of phenols is 1. The van der Waals surface area contributed by atoms with Crippen LogP contribution in [0.25, 0.3) is 33.3 Å². The zero-order valence-electron chi connectivity index (χ0n) is 75.8. The van der Waals surface area contributed by atoms with Gasteiger partial charge in [0.05, 0.1) is 127 Å². The van der Waals surface area contributed by atoms with Gasteiger partial charge in [-0.15, -0.1) is 5.10 Å². The third-order valence-corrected chi connectivity index (χ3v) is 24.5. The molecule has 1 saturated carbocycles. The molecule has 3 fully saturated rings. The minimum atomic E-state index is -2.46. The number of anilines is 1. The normalized spacial score (nSPS) is 26.3. The highest BCUT2D eigenvalue weighted by molar-refractivity contribution is 6.39. The second kappa shape index (κ2) is 52.7.